The maximum Gasteiger partial charge on any atom is 0.433 e. The first-order valence-corrected chi connectivity index (χ1v) is 11.6. The lowest BCUT2D eigenvalue weighted by molar-refractivity contribution is -0.141. The third-order valence-electron chi connectivity index (χ3n) is 6.70. The number of pyridine rings is 1. The van der Waals surface area contributed by atoms with Crippen molar-refractivity contribution in [1.29, 1.82) is 0 Å². The molecule has 3 aromatic rings. The van der Waals surface area contributed by atoms with Crippen molar-refractivity contribution in [2.75, 3.05) is 11.9 Å². The Bertz CT molecular complexity index is 1240. The zero-order valence-corrected chi connectivity index (χ0v) is 19.9. The summed E-state index contributed by atoms with van der Waals surface area (Å²) in [6, 6.07) is 6.52. The molecule has 1 amide bonds. The van der Waals surface area contributed by atoms with E-state index in [4.69, 9.17) is 4.98 Å². The monoisotopic (exact) mass is 490 g/mol. The number of carbonyl (C=O) groups is 1. The zero-order valence-electron chi connectivity index (χ0n) is 19.9. The number of aliphatic hydroxyl groups is 2. The maximum absolute atomic E-state index is 13.0. The molecule has 0 aliphatic heterocycles. The number of nitrogens with one attached hydrogen (secondary N) is 1. The fourth-order valence-electron chi connectivity index (χ4n) is 4.74. The van der Waals surface area contributed by atoms with Crippen LogP contribution in [0, 0.1) is 5.92 Å². The molecule has 0 unspecified atom stereocenters. The van der Waals surface area contributed by atoms with Crippen LogP contribution in [-0.4, -0.2) is 37.3 Å². The molecular weight excluding hydrogens is 461 g/mol. The van der Waals surface area contributed by atoms with Crippen LogP contribution in [0.3, 0.4) is 0 Å². The number of benzene rings is 1. The average Bonchev–Trinajstić information content (AvgIpc) is 3.13. The first kappa shape index (κ1) is 25.1. The summed E-state index contributed by atoms with van der Waals surface area (Å²) in [6.07, 6.45) is -1.01. The van der Waals surface area contributed by atoms with Gasteiger partial charge in [0.15, 0.2) is 0 Å². The summed E-state index contributed by atoms with van der Waals surface area (Å²) in [5.41, 5.74) is -0.853. The van der Waals surface area contributed by atoms with Gasteiger partial charge in [0.25, 0.3) is 5.91 Å². The van der Waals surface area contributed by atoms with Gasteiger partial charge in [-0.15, -0.1) is 0 Å². The van der Waals surface area contributed by atoms with E-state index in [1.807, 2.05) is 11.6 Å². The molecule has 1 aromatic carbocycles. The molecule has 1 aliphatic rings. The van der Waals surface area contributed by atoms with Crippen molar-refractivity contribution < 1.29 is 28.2 Å². The molecule has 2 aromatic heterocycles. The molecule has 0 bridgehead atoms. The van der Waals surface area contributed by atoms with Crippen LogP contribution in [0.4, 0.5) is 18.9 Å². The van der Waals surface area contributed by atoms with Gasteiger partial charge in [-0.05, 0) is 69.7 Å². The topological polar surface area (TPSA) is 100 Å². The highest BCUT2D eigenvalue weighted by molar-refractivity contribution is 6.04. The number of hydrogen-bond acceptors (Lipinski definition) is 5. The Morgan fingerprint density at radius 3 is 2.43 bits per heavy atom. The molecule has 10 heteroatoms. The van der Waals surface area contributed by atoms with Crippen LogP contribution in [0.25, 0.3) is 11.0 Å². The number of aromatic nitrogens is 3. The Balaban J connectivity index is 1.70. The highest BCUT2D eigenvalue weighted by Crippen LogP contribution is 2.38. The second-order valence-corrected chi connectivity index (χ2v) is 9.73. The number of rotatable bonds is 5. The number of imidazole rings is 1. The van der Waals surface area contributed by atoms with E-state index >= 15 is 0 Å². The van der Waals surface area contributed by atoms with E-state index in [2.05, 4.69) is 10.3 Å². The molecule has 4 rings (SSSR count). The van der Waals surface area contributed by atoms with Crippen LogP contribution in [0.2, 0.25) is 0 Å². The van der Waals surface area contributed by atoms with Crippen LogP contribution >= 0.6 is 0 Å². The minimum Gasteiger partial charge on any atom is -0.396 e. The predicted molar refractivity (Wildman–Crippen MR) is 125 cm³/mol. The lowest BCUT2D eigenvalue weighted by Gasteiger charge is -2.26. The van der Waals surface area contributed by atoms with Crippen LogP contribution in [0.5, 0.6) is 0 Å². The van der Waals surface area contributed by atoms with Crippen molar-refractivity contribution in [1.82, 2.24) is 14.5 Å². The van der Waals surface area contributed by atoms with Crippen molar-refractivity contribution in [2.24, 2.45) is 13.0 Å². The molecule has 0 saturated heterocycles. The van der Waals surface area contributed by atoms with Gasteiger partial charge in [-0.1, -0.05) is 6.07 Å². The molecular formula is C25H29F3N4O3. The van der Waals surface area contributed by atoms with E-state index in [1.165, 1.54) is 6.07 Å². The van der Waals surface area contributed by atoms with Crippen LogP contribution in [0.1, 0.15) is 73.0 Å². The molecule has 0 spiro atoms. The highest BCUT2D eigenvalue weighted by atomic mass is 19.4. The third kappa shape index (κ3) is 5.18. The number of nitrogens with zero attached hydrogens (tertiary/aromatic N) is 3. The third-order valence-corrected chi connectivity index (χ3v) is 6.70. The molecule has 1 fully saturated rings. The van der Waals surface area contributed by atoms with Gasteiger partial charge in [0.1, 0.15) is 17.2 Å². The lowest BCUT2D eigenvalue weighted by atomic mass is 9.82. The van der Waals surface area contributed by atoms with E-state index in [1.54, 1.807) is 26.0 Å². The van der Waals surface area contributed by atoms with E-state index in [-0.39, 0.29) is 23.9 Å². The number of aliphatic hydroxyl groups excluding tert-OH is 1. The fourth-order valence-corrected chi connectivity index (χ4v) is 4.74. The quantitative estimate of drug-likeness (QED) is 0.480. The van der Waals surface area contributed by atoms with Gasteiger partial charge in [-0.2, -0.15) is 13.2 Å². The summed E-state index contributed by atoms with van der Waals surface area (Å²) in [7, 11) is 1.88. The van der Waals surface area contributed by atoms with E-state index in [9.17, 15) is 28.2 Å². The summed E-state index contributed by atoms with van der Waals surface area (Å²) < 4.78 is 41.1. The molecule has 1 aliphatic carbocycles. The highest BCUT2D eigenvalue weighted by Gasteiger charge is 2.33. The zero-order chi connectivity index (χ0) is 25.5. The molecule has 7 nitrogen and oxygen atoms in total. The molecule has 35 heavy (non-hydrogen) atoms. The number of amides is 1. The van der Waals surface area contributed by atoms with Crippen molar-refractivity contribution in [3.05, 3.63) is 53.1 Å². The Labute approximate surface area is 201 Å². The molecule has 0 radical (unpaired) electrons. The van der Waals surface area contributed by atoms with Crippen LogP contribution in [-0.2, 0) is 18.8 Å². The van der Waals surface area contributed by atoms with Gasteiger partial charge in [-0.25, -0.2) is 9.97 Å². The van der Waals surface area contributed by atoms with Crippen LogP contribution < -0.4 is 5.32 Å². The van der Waals surface area contributed by atoms with Crippen molar-refractivity contribution >= 4 is 22.6 Å². The fraction of sp³-hybridized carbons (Fsp3) is 0.480. The van der Waals surface area contributed by atoms with E-state index in [0.717, 1.165) is 49.2 Å². The van der Waals surface area contributed by atoms with Crippen molar-refractivity contribution in [3.8, 4) is 0 Å². The van der Waals surface area contributed by atoms with Gasteiger partial charge in [-0.3, -0.25) is 4.79 Å². The number of alkyl halides is 3. The van der Waals surface area contributed by atoms with E-state index in [0.29, 0.717) is 17.0 Å². The first-order valence-electron chi connectivity index (χ1n) is 11.6. The van der Waals surface area contributed by atoms with Gasteiger partial charge in [0, 0.05) is 30.8 Å². The Morgan fingerprint density at radius 2 is 1.83 bits per heavy atom. The lowest BCUT2D eigenvalue weighted by Crippen LogP contribution is -2.22. The normalized spacial score (nSPS) is 19.2. The minimum absolute atomic E-state index is 0.188. The smallest absolute Gasteiger partial charge is 0.396 e. The molecule has 2 heterocycles. The molecule has 0 atom stereocenters. The molecule has 1 saturated carbocycles. The standard InChI is InChI=1S/C25H29F3N4O3/c1-24(2,35)16-11-19-20(32(3)22(30-19)15-9-7-14(13-33)8-10-15)12-18(16)31-23(34)17-5-4-6-21(29-17)25(26,27)28/h4-6,11-12,14-15,33,35H,7-10,13H2,1-3H3,(H,31,34)/t14-,15-. The number of fused-ring (bicyclic) bond motifs is 1. The number of halogens is 3. The van der Waals surface area contributed by atoms with Gasteiger partial charge >= 0.3 is 6.18 Å². The number of anilines is 1. The second kappa shape index (κ2) is 9.23. The van der Waals surface area contributed by atoms with Gasteiger partial charge in [0.05, 0.1) is 16.6 Å². The number of hydrogen-bond donors (Lipinski definition) is 3. The Hall–Kier alpha value is -2.98. The van der Waals surface area contributed by atoms with Crippen molar-refractivity contribution in [2.45, 2.75) is 57.2 Å². The number of aryl methyl sites for hydroxylation is 1. The van der Waals surface area contributed by atoms with Crippen LogP contribution in [0.15, 0.2) is 30.3 Å². The Morgan fingerprint density at radius 1 is 1.14 bits per heavy atom. The van der Waals surface area contributed by atoms with Gasteiger partial charge < -0.3 is 20.1 Å². The SMILES string of the molecule is Cn1c2cc(NC(=O)c3cccc(C(F)(F)F)n3)c(C(C)(C)O)cc2nc1[C@H]1CC[C@H](CO)CC1. The summed E-state index contributed by atoms with van der Waals surface area (Å²) in [5, 5.41) is 22.8. The van der Waals surface area contributed by atoms with Gasteiger partial charge in [0.2, 0.25) is 0 Å². The Kier molecular flexibility index (Phi) is 6.63. The predicted octanol–water partition coefficient (Wildman–Crippen LogP) is 4.73. The van der Waals surface area contributed by atoms with Crippen molar-refractivity contribution in [3.63, 3.8) is 0 Å². The minimum atomic E-state index is -4.67. The second-order valence-electron chi connectivity index (χ2n) is 9.73. The first-order chi connectivity index (χ1) is 16.4. The maximum atomic E-state index is 13.0. The average molecular weight is 491 g/mol. The molecule has 188 valence electrons. The summed E-state index contributed by atoms with van der Waals surface area (Å²) >= 11 is 0. The number of carbonyl (C=O) groups excluding carboxylic acids is 1. The summed E-state index contributed by atoms with van der Waals surface area (Å²) in [5.74, 6) is 0.619. The largest absolute Gasteiger partial charge is 0.433 e. The summed E-state index contributed by atoms with van der Waals surface area (Å²) in [6.45, 7) is 3.31. The van der Waals surface area contributed by atoms with E-state index < -0.39 is 23.4 Å². The summed E-state index contributed by atoms with van der Waals surface area (Å²) in [4.78, 5) is 21.1. The molecule has 3 N–H and O–H groups in total.